The number of rotatable bonds is 4. The molecule has 33 heavy (non-hydrogen) atoms. The van der Waals surface area contributed by atoms with E-state index in [-0.39, 0.29) is 23.7 Å². The first-order valence-electron chi connectivity index (χ1n) is 11.3. The van der Waals surface area contributed by atoms with Gasteiger partial charge in [0, 0.05) is 31.5 Å². The fourth-order valence-corrected chi connectivity index (χ4v) is 5.56. The molecule has 2 fully saturated rings. The van der Waals surface area contributed by atoms with E-state index in [9.17, 15) is 13.6 Å². The molecular weight excluding hydrogens is 424 g/mol. The van der Waals surface area contributed by atoms with Crippen LogP contribution in [0.15, 0.2) is 42.6 Å². The summed E-state index contributed by atoms with van der Waals surface area (Å²) in [6, 6.07) is 9.46. The lowest BCUT2D eigenvalue weighted by Gasteiger charge is -2.13. The van der Waals surface area contributed by atoms with E-state index in [2.05, 4.69) is 21.4 Å². The van der Waals surface area contributed by atoms with Crippen LogP contribution in [0.2, 0.25) is 0 Å². The van der Waals surface area contributed by atoms with Crippen molar-refractivity contribution < 1.29 is 18.3 Å². The largest absolute Gasteiger partial charge is 0.381 e. The van der Waals surface area contributed by atoms with Crippen LogP contribution >= 0.6 is 0 Å². The summed E-state index contributed by atoms with van der Waals surface area (Å²) in [5.74, 6) is 0.246. The van der Waals surface area contributed by atoms with Gasteiger partial charge in [-0.05, 0) is 66.0 Å². The third kappa shape index (κ3) is 3.60. The quantitative estimate of drug-likeness (QED) is 0.644. The summed E-state index contributed by atoms with van der Waals surface area (Å²) in [4.78, 5) is 21.5. The van der Waals surface area contributed by atoms with E-state index in [0.29, 0.717) is 41.0 Å². The lowest BCUT2D eigenvalue weighted by Crippen LogP contribution is -2.14. The number of carbonyl (C=O) groups excluding carboxylic acids is 1. The maximum absolute atomic E-state index is 14.4. The predicted octanol–water partition coefficient (Wildman–Crippen LogP) is 4.40. The molecule has 1 amide bonds. The first kappa shape index (κ1) is 20.4. The van der Waals surface area contributed by atoms with Crippen LogP contribution in [0.3, 0.4) is 0 Å². The summed E-state index contributed by atoms with van der Waals surface area (Å²) in [5.41, 5.74) is 3.69. The van der Waals surface area contributed by atoms with E-state index in [4.69, 9.17) is 4.74 Å². The number of nitrogens with one attached hydrogen (secondary N) is 1. The number of pyridine rings is 2. The van der Waals surface area contributed by atoms with Crippen LogP contribution in [0.5, 0.6) is 0 Å². The van der Waals surface area contributed by atoms with Gasteiger partial charge in [0.05, 0.1) is 29.1 Å². The molecule has 4 heterocycles. The van der Waals surface area contributed by atoms with E-state index in [1.165, 1.54) is 23.8 Å². The van der Waals surface area contributed by atoms with Crippen molar-refractivity contribution >= 4 is 5.91 Å². The van der Waals surface area contributed by atoms with Gasteiger partial charge in [-0.15, -0.1) is 0 Å². The molecule has 0 bridgehead atoms. The van der Waals surface area contributed by atoms with Crippen molar-refractivity contribution in [2.75, 3.05) is 13.2 Å². The first-order valence-corrected chi connectivity index (χ1v) is 11.3. The van der Waals surface area contributed by atoms with E-state index < -0.39 is 11.6 Å². The minimum atomic E-state index is -0.681. The van der Waals surface area contributed by atoms with Gasteiger partial charge < -0.3 is 10.1 Å². The first-order chi connectivity index (χ1) is 16.1. The van der Waals surface area contributed by atoms with Gasteiger partial charge in [0.2, 0.25) is 0 Å². The van der Waals surface area contributed by atoms with Crippen LogP contribution in [0.4, 0.5) is 8.78 Å². The van der Waals surface area contributed by atoms with Gasteiger partial charge in [-0.25, -0.2) is 13.8 Å². The molecule has 1 N–H and O–H groups in total. The molecule has 1 saturated heterocycles. The Morgan fingerprint density at radius 2 is 1.79 bits per heavy atom. The van der Waals surface area contributed by atoms with Crippen molar-refractivity contribution in [2.24, 2.45) is 11.8 Å². The van der Waals surface area contributed by atoms with Gasteiger partial charge in [-0.2, -0.15) is 0 Å². The highest BCUT2D eigenvalue weighted by Crippen LogP contribution is 2.45. The number of carbonyl (C=O) groups is 1. The number of hydrogen-bond acceptors (Lipinski definition) is 4. The fourth-order valence-electron chi connectivity index (χ4n) is 5.56. The second-order valence-electron chi connectivity index (χ2n) is 9.25. The highest BCUT2D eigenvalue weighted by molar-refractivity contribution is 5.99. The molecule has 1 unspecified atom stereocenters. The standard InChI is InChI=1S/C26H23F2N3O2/c27-20-2-1-3-21(28)25(20)22-9-16(24-23(31-22)11-30-26(24)32)8-19-5-4-14(10-29-19)15-6-17-12-33-13-18(17)7-15/h1-5,9-10,15,17-18H,6-8,11-13H2,(H,30,32)/t15?,17-,18+. The van der Waals surface area contributed by atoms with E-state index in [1.807, 2.05) is 12.3 Å². The van der Waals surface area contributed by atoms with Crippen LogP contribution < -0.4 is 5.32 Å². The molecule has 1 aromatic carbocycles. The highest BCUT2D eigenvalue weighted by atomic mass is 19.1. The number of ether oxygens (including phenoxy) is 1. The Bertz CT molecular complexity index is 1210. The zero-order valence-corrected chi connectivity index (χ0v) is 18.0. The SMILES string of the molecule is O=C1NCc2nc(-c3c(F)cccc3F)cc(Cc3ccc(C4C[C@H]5COC[C@H]5C4)cn3)c21. The van der Waals surface area contributed by atoms with Crippen molar-refractivity contribution in [3.63, 3.8) is 0 Å². The zero-order valence-electron chi connectivity index (χ0n) is 18.0. The van der Waals surface area contributed by atoms with Crippen molar-refractivity contribution in [3.8, 4) is 11.3 Å². The topological polar surface area (TPSA) is 64.1 Å². The highest BCUT2D eigenvalue weighted by Gasteiger charge is 2.38. The average Bonchev–Trinajstić information content (AvgIpc) is 3.50. The molecule has 3 aliphatic rings. The molecule has 168 valence electrons. The van der Waals surface area contributed by atoms with Crippen molar-refractivity contribution in [1.29, 1.82) is 0 Å². The average molecular weight is 447 g/mol. The fraction of sp³-hybridized carbons (Fsp3) is 0.346. The molecular formula is C26H23F2N3O2. The minimum absolute atomic E-state index is 0.181. The Labute approximate surface area is 190 Å². The van der Waals surface area contributed by atoms with Gasteiger partial charge in [0.15, 0.2) is 0 Å². The third-order valence-electron chi connectivity index (χ3n) is 7.23. The summed E-state index contributed by atoms with van der Waals surface area (Å²) >= 11 is 0. The number of fused-ring (bicyclic) bond motifs is 2. The zero-order chi connectivity index (χ0) is 22.5. The molecule has 7 heteroatoms. The summed E-state index contributed by atoms with van der Waals surface area (Å²) in [6.07, 6.45) is 4.59. The lowest BCUT2D eigenvalue weighted by atomic mass is 9.96. The molecule has 1 saturated carbocycles. The van der Waals surface area contributed by atoms with Gasteiger partial charge >= 0.3 is 0 Å². The van der Waals surface area contributed by atoms with E-state index in [1.54, 1.807) is 6.07 Å². The molecule has 5 nitrogen and oxygen atoms in total. The number of aromatic nitrogens is 2. The molecule has 0 radical (unpaired) electrons. The van der Waals surface area contributed by atoms with Crippen LogP contribution in [-0.2, 0) is 17.7 Å². The van der Waals surface area contributed by atoms with Crippen LogP contribution in [0.1, 0.15) is 51.6 Å². The maximum atomic E-state index is 14.4. The molecule has 6 rings (SSSR count). The minimum Gasteiger partial charge on any atom is -0.381 e. The Hall–Kier alpha value is -3.19. The predicted molar refractivity (Wildman–Crippen MR) is 118 cm³/mol. The molecule has 2 aromatic heterocycles. The molecule has 2 aliphatic heterocycles. The molecule has 3 atom stereocenters. The van der Waals surface area contributed by atoms with Crippen molar-refractivity contribution in [2.45, 2.75) is 31.7 Å². The summed E-state index contributed by atoms with van der Waals surface area (Å²) in [5, 5.41) is 2.76. The monoisotopic (exact) mass is 447 g/mol. The number of amides is 1. The Balaban J connectivity index is 1.31. The lowest BCUT2D eigenvalue weighted by molar-refractivity contribution is 0.0965. The smallest absolute Gasteiger partial charge is 0.253 e. The number of halogens is 2. The number of hydrogen-bond donors (Lipinski definition) is 1. The van der Waals surface area contributed by atoms with Crippen LogP contribution in [0.25, 0.3) is 11.3 Å². The normalized spacial score (nSPS) is 23.5. The van der Waals surface area contributed by atoms with Gasteiger partial charge in [-0.3, -0.25) is 9.78 Å². The van der Waals surface area contributed by atoms with Crippen molar-refractivity contribution in [1.82, 2.24) is 15.3 Å². The summed E-state index contributed by atoms with van der Waals surface area (Å²) < 4.78 is 34.4. The Morgan fingerprint density at radius 1 is 1.03 bits per heavy atom. The molecule has 0 spiro atoms. The van der Waals surface area contributed by atoms with Gasteiger partial charge in [0.25, 0.3) is 5.91 Å². The summed E-state index contributed by atoms with van der Waals surface area (Å²) in [6.45, 7) is 1.98. The van der Waals surface area contributed by atoms with Crippen LogP contribution in [0, 0.1) is 23.5 Å². The van der Waals surface area contributed by atoms with E-state index >= 15 is 0 Å². The van der Waals surface area contributed by atoms with E-state index in [0.717, 1.165) is 31.7 Å². The molecule has 3 aromatic rings. The maximum Gasteiger partial charge on any atom is 0.253 e. The third-order valence-corrected chi connectivity index (χ3v) is 7.23. The Kier molecular flexibility index (Phi) is 4.94. The number of nitrogens with zero attached hydrogens (tertiary/aromatic N) is 2. The second-order valence-corrected chi connectivity index (χ2v) is 9.25. The second kappa shape index (κ2) is 7.99. The Morgan fingerprint density at radius 3 is 2.48 bits per heavy atom. The van der Waals surface area contributed by atoms with Gasteiger partial charge in [0.1, 0.15) is 11.6 Å². The van der Waals surface area contributed by atoms with Gasteiger partial charge in [-0.1, -0.05) is 12.1 Å². The van der Waals surface area contributed by atoms with Crippen molar-refractivity contribution in [3.05, 3.63) is 82.3 Å². The van der Waals surface area contributed by atoms with Crippen LogP contribution in [-0.4, -0.2) is 29.1 Å². The number of benzene rings is 1. The molecule has 1 aliphatic carbocycles. The summed E-state index contributed by atoms with van der Waals surface area (Å²) in [7, 11) is 0.